The van der Waals surface area contributed by atoms with Gasteiger partial charge in [0.2, 0.25) is 0 Å². The van der Waals surface area contributed by atoms with Crippen LogP contribution in [0.3, 0.4) is 0 Å². The molecule has 0 spiro atoms. The van der Waals surface area contributed by atoms with Gasteiger partial charge in [0.05, 0.1) is 0 Å². The topological polar surface area (TPSA) is 29.5 Å². The summed E-state index contributed by atoms with van der Waals surface area (Å²) in [6.07, 6.45) is -3.25. The van der Waals surface area contributed by atoms with E-state index in [1.807, 2.05) is 13.8 Å². The normalized spacial score (nSPS) is 13.4. The first kappa shape index (κ1) is 22.9. The standard InChI is InChI=1S/C14H22F7NO2/c1-3-5-7-22(8-6-4-2)9-10-24-11(23)12(15,16)13(17,18)14(19,20)21/h3-10H2,1-2H3. The van der Waals surface area contributed by atoms with E-state index in [0.717, 1.165) is 25.7 Å². The first-order chi connectivity index (χ1) is 10.9. The molecule has 0 saturated carbocycles. The summed E-state index contributed by atoms with van der Waals surface area (Å²) in [5.74, 6) is -15.3. The molecule has 0 fully saturated rings. The molecule has 0 saturated heterocycles. The second-order valence-corrected chi connectivity index (χ2v) is 5.33. The molecule has 0 aromatic rings. The van der Waals surface area contributed by atoms with E-state index in [1.54, 1.807) is 4.90 Å². The fourth-order valence-electron chi connectivity index (χ4n) is 1.76. The second-order valence-electron chi connectivity index (χ2n) is 5.33. The lowest BCUT2D eigenvalue weighted by molar-refractivity contribution is -0.348. The van der Waals surface area contributed by atoms with Gasteiger partial charge in [0.15, 0.2) is 0 Å². The lowest BCUT2D eigenvalue weighted by Gasteiger charge is -2.27. The van der Waals surface area contributed by atoms with Crippen molar-refractivity contribution in [2.45, 2.75) is 57.6 Å². The lowest BCUT2D eigenvalue weighted by Crippen LogP contribution is -2.56. The van der Waals surface area contributed by atoms with Crippen molar-refractivity contribution in [2.75, 3.05) is 26.2 Å². The summed E-state index contributed by atoms with van der Waals surface area (Å²) >= 11 is 0. The Labute approximate surface area is 136 Å². The molecule has 0 bridgehead atoms. The highest BCUT2D eigenvalue weighted by Gasteiger charge is 2.77. The van der Waals surface area contributed by atoms with Crippen LogP contribution in [0.4, 0.5) is 30.7 Å². The van der Waals surface area contributed by atoms with E-state index >= 15 is 0 Å². The van der Waals surface area contributed by atoms with Crippen LogP contribution in [0.2, 0.25) is 0 Å². The van der Waals surface area contributed by atoms with Crippen molar-refractivity contribution in [1.29, 1.82) is 0 Å². The molecule has 0 rings (SSSR count). The zero-order chi connectivity index (χ0) is 19.0. The van der Waals surface area contributed by atoms with Crippen LogP contribution < -0.4 is 0 Å². The van der Waals surface area contributed by atoms with Gasteiger partial charge in [0, 0.05) is 6.54 Å². The highest BCUT2D eigenvalue weighted by molar-refractivity contribution is 5.79. The van der Waals surface area contributed by atoms with Crippen molar-refractivity contribution in [3.8, 4) is 0 Å². The number of hydrogen-bond donors (Lipinski definition) is 0. The molecule has 0 unspecified atom stereocenters. The minimum absolute atomic E-state index is 0.0145. The molecule has 0 aromatic heterocycles. The van der Waals surface area contributed by atoms with Gasteiger partial charge in [-0.1, -0.05) is 26.7 Å². The summed E-state index contributed by atoms with van der Waals surface area (Å²) in [4.78, 5) is 12.8. The van der Waals surface area contributed by atoms with Gasteiger partial charge in [-0.05, 0) is 25.9 Å². The van der Waals surface area contributed by atoms with Gasteiger partial charge < -0.3 is 4.74 Å². The number of hydrogen-bond acceptors (Lipinski definition) is 3. The molecule has 10 heteroatoms. The van der Waals surface area contributed by atoms with Gasteiger partial charge in [-0.3, -0.25) is 4.90 Å². The monoisotopic (exact) mass is 369 g/mol. The predicted octanol–water partition coefficient (Wildman–Crippen LogP) is 4.26. The Morgan fingerprint density at radius 2 is 1.33 bits per heavy atom. The molecule has 0 aromatic carbocycles. The van der Waals surface area contributed by atoms with Gasteiger partial charge in [0.1, 0.15) is 6.61 Å². The number of ether oxygens (including phenoxy) is 1. The molecule has 3 nitrogen and oxygen atoms in total. The van der Waals surface area contributed by atoms with Crippen molar-refractivity contribution < 1.29 is 40.3 Å². The number of rotatable bonds is 11. The Balaban J connectivity index is 4.64. The lowest BCUT2D eigenvalue weighted by atomic mass is 10.1. The smallest absolute Gasteiger partial charge is 0.460 e. The molecule has 0 atom stereocenters. The predicted molar refractivity (Wildman–Crippen MR) is 73.2 cm³/mol. The van der Waals surface area contributed by atoms with Crippen LogP contribution in [0.1, 0.15) is 39.5 Å². The van der Waals surface area contributed by atoms with E-state index in [0.29, 0.717) is 13.1 Å². The molecule has 144 valence electrons. The molecule has 24 heavy (non-hydrogen) atoms. The van der Waals surface area contributed by atoms with Crippen LogP contribution in [0.5, 0.6) is 0 Å². The Morgan fingerprint density at radius 3 is 1.71 bits per heavy atom. The Bertz CT molecular complexity index is 378. The summed E-state index contributed by atoms with van der Waals surface area (Å²) in [5.41, 5.74) is 0. The highest BCUT2D eigenvalue weighted by Crippen LogP contribution is 2.46. The number of alkyl halides is 7. The van der Waals surface area contributed by atoms with Crippen LogP contribution in [-0.4, -0.2) is 55.1 Å². The SMILES string of the molecule is CCCCN(CCCC)CCOC(=O)C(F)(F)C(F)(F)C(F)(F)F. The summed E-state index contributed by atoms with van der Waals surface area (Å²) in [7, 11) is 0. The van der Waals surface area contributed by atoms with Gasteiger partial charge in [0.25, 0.3) is 0 Å². The van der Waals surface area contributed by atoms with Gasteiger partial charge in [-0.2, -0.15) is 30.7 Å². The fourth-order valence-corrected chi connectivity index (χ4v) is 1.76. The molecule has 0 heterocycles. The van der Waals surface area contributed by atoms with Gasteiger partial charge in [-0.15, -0.1) is 0 Å². The van der Waals surface area contributed by atoms with E-state index in [4.69, 9.17) is 0 Å². The van der Waals surface area contributed by atoms with Crippen molar-refractivity contribution in [3.63, 3.8) is 0 Å². The van der Waals surface area contributed by atoms with E-state index < -0.39 is 30.6 Å². The zero-order valence-electron chi connectivity index (χ0n) is 13.6. The molecule has 0 aliphatic carbocycles. The summed E-state index contributed by atoms with van der Waals surface area (Å²) < 4.78 is 91.4. The number of carbonyl (C=O) groups is 1. The minimum Gasteiger partial charge on any atom is -0.460 e. The maximum absolute atomic E-state index is 13.1. The van der Waals surface area contributed by atoms with Crippen LogP contribution >= 0.6 is 0 Å². The van der Waals surface area contributed by atoms with Crippen LogP contribution in [0, 0.1) is 0 Å². The zero-order valence-corrected chi connectivity index (χ0v) is 13.6. The van der Waals surface area contributed by atoms with Gasteiger partial charge in [-0.25, -0.2) is 4.79 Å². The quantitative estimate of drug-likeness (QED) is 0.403. The Morgan fingerprint density at radius 1 is 0.875 bits per heavy atom. The van der Waals surface area contributed by atoms with E-state index in [2.05, 4.69) is 4.74 Å². The molecule has 0 amide bonds. The molecular formula is C14H22F7NO2. The summed E-state index contributed by atoms with van der Waals surface area (Å²) in [6.45, 7) is 4.33. The average Bonchev–Trinajstić information content (AvgIpc) is 2.47. The number of halogens is 7. The fraction of sp³-hybridized carbons (Fsp3) is 0.929. The maximum atomic E-state index is 13.1. The van der Waals surface area contributed by atoms with E-state index in [9.17, 15) is 35.5 Å². The van der Waals surface area contributed by atoms with Crippen molar-refractivity contribution in [3.05, 3.63) is 0 Å². The molecule has 0 radical (unpaired) electrons. The van der Waals surface area contributed by atoms with E-state index in [-0.39, 0.29) is 6.54 Å². The maximum Gasteiger partial charge on any atom is 0.460 e. The first-order valence-corrected chi connectivity index (χ1v) is 7.63. The number of unbranched alkanes of at least 4 members (excludes halogenated alkanes) is 2. The van der Waals surface area contributed by atoms with Crippen molar-refractivity contribution in [1.82, 2.24) is 4.90 Å². The third kappa shape index (κ3) is 6.10. The van der Waals surface area contributed by atoms with Crippen LogP contribution in [0.25, 0.3) is 0 Å². The second kappa shape index (κ2) is 9.43. The largest absolute Gasteiger partial charge is 0.460 e. The summed E-state index contributed by atoms with van der Waals surface area (Å²) in [5, 5.41) is 0. The highest BCUT2D eigenvalue weighted by atomic mass is 19.4. The molecule has 0 aliphatic rings. The van der Waals surface area contributed by atoms with Crippen LogP contribution in [0.15, 0.2) is 0 Å². The Kier molecular flexibility index (Phi) is 9.01. The third-order valence-corrected chi connectivity index (χ3v) is 3.30. The van der Waals surface area contributed by atoms with Crippen LogP contribution in [-0.2, 0) is 9.53 Å². The first-order valence-electron chi connectivity index (χ1n) is 7.63. The minimum atomic E-state index is -6.55. The molecule has 0 N–H and O–H groups in total. The van der Waals surface area contributed by atoms with Crippen molar-refractivity contribution in [2.24, 2.45) is 0 Å². The number of carbonyl (C=O) groups excluding carboxylic acids is 1. The van der Waals surface area contributed by atoms with Crippen molar-refractivity contribution >= 4 is 5.97 Å². The molecular weight excluding hydrogens is 347 g/mol. The summed E-state index contributed by atoms with van der Waals surface area (Å²) in [6, 6.07) is 0. The average molecular weight is 369 g/mol. The number of nitrogens with zero attached hydrogens (tertiary/aromatic N) is 1. The molecule has 0 aliphatic heterocycles. The Hall–Kier alpha value is -1.06. The van der Waals surface area contributed by atoms with E-state index in [1.165, 1.54) is 0 Å². The third-order valence-electron chi connectivity index (χ3n) is 3.30. The number of esters is 1. The van der Waals surface area contributed by atoms with Gasteiger partial charge >= 0.3 is 24.0 Å².